The molecule has 0 fully saturated rings. The molecule has 2 rings (SSSR count). The Hall–Kier alpha value is -2.74. The molecule has 8 heteroatoms. The van der Waals surface area contributed by atoms with E-state index in [1.54, 1.807) is 24.3 Å². The first-order chi connectivity index (χ1) is 12.5. The van der Waals surface area contributed by atoms with Crippen LogP contribution < -0.4 is 32.2 Å². The fourth-order valence-corrected chi connectivity index (χ4v) is 2.35. The normalized spacial score (nSPS) is 9.78. The number of carboxylic acids is 1. The van der Waals surface area contributed by atoms with E-state index in [-0.39, 0.29) is 22.9 Å². The van der Waals surface area contributed by atoms with Gasteiger partial charge in [-0.15, -0.1) is 0 Å². The van der Waals surface area contributed by atoms with Crippen molar-refractivity contribution in [1.82, 2.24) is 5.32 Å². The van der Waals surface area contributed by atoms with Crippen molar-refractivity contribution < 1.29 is 41.0 Å². The molecule has 0 atom stereocenters. The van der Waals surface area contributed by atoms with Crippen LogP contribution in [0.25, 0.3) is 0 Å². The van der Waals surface area contributed by atoms with E-state index >= 15 is 0 Å². The maximum absolute atomic E-state index is 12.0. The minimum absolute atomic E-state index is 0. The first-order valence-corrected chi connectivity index (χ1v) is 8.38. The molecular formula is C19H22BrN3O4. The Labute approximate surface area is 168 Å². The number of hydrogen-bond donors (Lipinski definition) is 3. The third-order valence-electron chi connectivity index (χ3n) is 3.68. The Morgan fingerprint density at radius 2 is 1.63 bits per heavy atom. The molecule has 0 saturated heterocycles. The average molecular weight is 436 g/mol. The number of aromatic nitrogens is 1. The van der Waals surface area contributed by atoms with Gasteiger partial charge in [-0.3, -0.25) is 14.4 Å². The van der Waals surface area contributed by atoms with Crippen LogP contribution in [0.2, 0.25) is 0 Å². The minimum Gasteiger partial charge on any atom is -1.00 e. The number of unbranched alkanes of at least 4 members (excludes halogenated alkanes) is 1. The Balaban J connectivity index is 0.00000364. The van der Waals surface area contributed by atoms with Crippen molar-refractivity contribution in [1.29, 1.82) is 0 Å². The van der Waals surface area contributed by atoms with E-state index in [0.717, 1.165) is 19.4 Å². The number of nitrogens with zero attached hydrogens (tertiary/aromatic N) is 1. The van der Waals surface area contributed by atoms with E-state index in [0.29, 0.717) is 17.7 Å². The van der Waals surface area contributed by atoms with Crippen LogP contribution >= 0.6 is 0 Å². The number of aryl methyl sites for hydroxylation is 1. The van der Waals surface area contributed by atoms with Gasteiger partial charge in [0.2, 0.25) is 5.91 Å². The van der Waals surface area contributed by atoms with Crippen LogP contribution in [0, 0.1) is 0 Å². The lowest BCUT2D eigenvalue weighted by atomic mass is 10.2. The highest BCUT2D eigenvalue weighted by Crippen LogP contribution is 2.10. The maximum atomic E-state index is 12.0. The lowest BCUT2D eigenvalue weighted by Gasteiger charge is -2.06. The lowest BCUT2D eigenvalue weighted by Crippen LogP contribution is -3.00. The molecule has 0 unspecified atom stereocenters. The number of pyridine rings is 1. The zero-order chi connectivity index (χ0) is 18.8. The molecule has 1 heterocycles. The molecule has 1 aromatic carbocycles. The fourth-order valence-electron chi connectivity index (χ4n) is 2.35. The molecule has 0 radical (unpaired) electrons. The number of amides is 2. The van der Waals surface area contributed by atoms with Gasteiger partial charge in [0.05, 0.1) is 0 Å². The molecule has 0 saturated carbocycles. The predicted molar refractivity (Wildman–Crippen MR) is 95.5 cm³/mol. The molecule has 0 aliphatic carbocycles. The van der Waals surface area contributed by atoms with Crippen molar-refractivity contribution in [3.63, 3.8) is 0 Å². The molecule has 27 heavy (non-hydrogen) atoms. The van der Waals surface area contributed by atoms with Gasteiger partial charge in [-0.25, -0.2) is 4.57 Å². The largest absolute Gasteiger partial charge is 1.00 e. The van der Waals surface area contributed by atoms with Crippen LogP contribution in [0.15, 0.2) is 54.9 Å². The van der Waals surface area contributed by atoms with Gasteiger partial charge in [-0.2, -0.15) is 0 Å². The number of rotatable bonds is 9. The first kappa shape index (κ1) is 22.3. The summed E-state index contributed by atoms with van der Waals surface area (Å²) in [7, 11) is 0. The van der Waals surface area contributed by atoms with Crippen molar-refractivity contribution in [2.75, 3.05) is 11.9 Å². The van der Waals surface area contributed by atoms with E-state index in [1.807, 2.05) is 30.6 Å². The number of carbonyl (C=O) groups is 3. The molecule has 0 spiro atoms. The quantitative estimate of drug-likeness (QED) is 0.333. The Bertz CT molecular complexity index is 751. The number of hydrogen-bond acceptors (Lipinski definition) is 3. The van der Waals surface area contributed by atoms with Crippen LogP contribution in [0.1, 0.15) is 29.6 Å². The lowest BCUT2D eigenvalue weighted by molar-refractivity contribution is -0.697. The second kappa shape index (κ2) is 11.8. The van der Waals surface area contributed by atoms with Gasteiger partial charge in [0, 0.05) is 36.2 Å². The standard InChI is InChI=1S/C19H21N3O4.BrH/c23-17(6-2-5-13-22-11-3-1-4-12-22)21-16-9-7-15(8-10-16)19(26)20-14-18(24)25;/h1,3-4,7-12H,2,5-6,13-14H2,(H2-,20,21,23,24,25,26);1H. The SMILES string of the molecule is O=C(O)CNC(=O)c1ccc(NC(=O)CCCC[n+]2ccccc2)cc1.[Br-]. The van der Waals surface area contributed by atoms with Crippen molar-refractivity contribution in [2.24, 2.45) is 0 Å². The monoisotopic (exact) mass is 435 g/mol. The summed E-state index contributed by atoms with van der Waals surface area (Å²) in [6, 6.07) is 12.2. The van der Waals surface area contributed by atoms with Crippen molar-refractivity contribution in [3.05, 3.63) is 60.4 Å². The van der Waals surface area contributed by atoms with E-state index in [4.69, 9.17) is 5.11 Å². The number of carbonyl (C=O) groups excluding carboxylic acids is 2. The third-order valence-corrected chi connectivity index (χ3v) is 3.68. The maximum Gasteiger partial charge on any atom is 0.322 e. The zero-order valence-corrected chi connectivity index (χ0v) is 16.3. The van der Waals surface area contributed by atoms with Gasteiger partial charge in [0.1, 0.15) is 13.1 Å². The summed E-state index contributed by atoms with van der Waals surface area (Å²) >= 11 is 0. The van der Waals surface area contributed by atoms with E-state index in [1.165, 1.54) is 0 Å². The number of aliphatic carboxylic acids is 1. The highest BCUT2D eigenvalue weighted by molar-refractivity contribution is 5.97. The molecule has 0 aliphatic heterocycles. The van der Waals surface area contributed by atoms with Gasteiger partial charge in [-0.05, 0) is 30.7 Å². The van der Waals surface area contributed by atoms with Gasteiger partial charge >= 0.3 is 5.97 Å². The minimum atomic E-state index is -1.10. The van der Waals surface area contributed by atoms with Crippen LogP contribution in [0.5, 0.6) is 0 Å². The number of benzene rings is 1. The van der Waals surface area contributed by atoms with Crippen LogP contribution in [-0.4, -0.2) is 29.4 Å². The number of anilines is 1. The van der Waals surface area contributed by atoms with E-state index in [2.05, 4.69) is 15.2 Å². The molecular weight excluding hydrogens is 414 g/mol. The van der Waals surface area contributed by atoms with Gasteiger partial charge < -0.3 is 32.7 Å². The van der Waals surface area contributed by atoms with Crippen molar-refractivity contribution in [2.45, 2.75) is 25.8 Å². The highest BCUT2D eigenvalue weighted by Gasteiger charge is 2.08. The number of carboxylic acid groups (broad SMARTS) is 1. The molecule has 0 aliphatic rings. The Morgan fingerprint density at radius 1 is 0.963 bits per heavy atom. The summed E-state index contributed by atoms with van der Waals surface area (Å²) in [6.45, 7) is 0.437. The van der Waals surface area contributed by atoms with Crippen molar-refractivity contribution >= 4 is 23.5 Å². The summed E-state index contributed by atoms with van der Waals surface area (Å²) in [5.74, 6) is -1.65. The molecule has 144 valence electrons. The van der Waals surface area contributed by atoms with Gasteiger partial charge in [0.15, 0.2) is 12.4 Å². The van der Waals surface area contributed by atoms with Gasteiger partial charge in [-0.1, -0.05) is 6.07 Å². The zero-order valence-electron chi connectivity index (χ0n) is 14.7. The smallest absolute Gasteiger partial charge is 0.322 e. The Morgan fingerprint density at radius 3 is 2.26 bits per heavy atom. The number of halogens is 1. The van der Waals surface area contributed by atoms with E-state index in [9.17, 15) is 14.4 Å². The summed E-state index contributed by atoms with van der Waals surface area (Å²) in [5.41, 5.74) is 0.936. The fraction of sp³-hybridized carbons (Fsp3) is 0.263. The molecule has 2 aromatic rings. The molecule has 7 nitrogen and oxygen atoms in total. The topological polar surface area (TPSA) is 99.4 Å². The van der Waals surface area contributed by atoms with Crippen LogP contribution in [-0.2, 0) is 16.1 Å². The second-order valence-electron chi connectivity index (χ2n) is 5.77. The van der Waals surface area contributed by atoms with Gasteiger partial charge in [0.25, 0.3) is 5.91 Å². The summed E-state index contributed by atoms with van der Waals surface area (Å²) in [6.07, 6.45) is 6.10. The Kier molecular flexibility index (Phi) is 9.74. The molecule has 2 amide bonds. The first-order valence-electron chi connectivity index (χ1n) is 8.38. The molecule has 0 bridgehead atoms. The average Bonchev–Trinajstić information content (AvgIpc) is 2.65. The summed E-state index contributed by atoms with van der Waals surface area (Å²) < 4.78 is 2.08. The van der Waals surface area contributed by atoms with Crippen LogP contribution in [0.4, 0.5) is 5.69 Å². The van der Waals surface area contributed by atoms with Crippen LogP contribution in [0.3, 0.4) is 0 Å². The highest BCUT2D eigenvalue weighted by atomic mass is 79.9. The summed E-state index contributed by atoms with van der Waals surface area (Å²) in [4.78, 5) is 34.1. The number of nitrogens with one attached hydrogen (secondary N) is 2. The van der Waals surface area contributed by atoms with E-state index < -0.39 is 18.4 Å². The molecule has 1 aromatic heterocycles. The summed E-state index contributed by atoms with van der Waals surface area (Å²) in [5, 5.41) is 13.6. The van der Waals surface area contributed by atoms with Crippen molar-refractivity contribution in [3.8, 4) is 0 Å². The molecule has 3 N–H and O–H groups in total. The second-order valence-corrected chi connectivity index (χ2v) is 5.77. The third kappa shape index (κ3) is 8.46. The predicted octanol–water partition coefficient (Wildman–Crippen LogP) is -1.40.